The van der Waals surface area contributed by atoms with Crippen molar-refractivity contribution < 1.29 is 14.1 Å². The molecule has 25 heavy (non-hydrogen) atoms. The first kappa shape index (κ1) is 17.9. The highest BCUT2D eigenvalue weighted by Gasteiger charge is 2.15. The van der Waals surface area contributed by atoms with Crippen molar-refractivity contribution in [2.24, 2.45) is 0 Å². The van der Waals surface area contributed by atoms with E-state index < -0.39 is 16.6 Å². The minimum Gasteiger partial charge on any atom is -0.360 e. The first-order valence-corrected chi connectivity index (χ1v) is 7.16. The molecule has 2 N–H and O–H groups in total. The van der Waals surface area contributed by atoms with Gasteiger partial charge in [-0.1, -0.05) is 11.6 Å². The molecule has 0 heterocycles. The molecule has 2 rings (SSSR count). The maximum absolute atomic E-state index is 12.8. The highest BCUT2D eigenvalue weighted by molar-refractivity contribution is 6.34. The van der Waals surface area contributed by atoms with Gasteiger partial charge in [-0.15, -0.1) is 0 Å². The predicted octanol–water partition coefficient (Wildman–Crippen LogP) is 3.85. The van der Waals surface area contributed by atoms with Crippen molar-refractivity contribution in [3.63, 3.8) is 0 Å². The maximum atomic E-state index is 12.8. The Balaban J connectivity index is 2.16. The Hall–Kier alpha value is -3.44. The number of rotatable bonds is 5. The number of hydrogen-bond donors (Lipinski definition) is 2. The summed E-state index contributed by atoms with van der Waals surface area (Å²) in [6, 6.07) is 10.5. The molecule has 0 radical (unpaired) electrons. The van der Waals surface area contributed by atoms with Gasteiger partial charge in [-0.2, -0.15) is 5.26 Å². The lowest BCUT2D eigenvalue weighted by molar-refractivity contribution is -0.384. The van der Waals surface area contributed by atoms with E-state index in [0.717, 1.165) is 12.3 Å². The molecule has 0 spiro atoms. The molecule has 0 fully saturated rings. The molecule has 7 nitrogen and oxygen atoms in total. The highest BCUT2D eigenvalue weighted by Crippen LogP contribution is 2.27. The third-order valence-electron chi connectivity index (χ3n) is 3.00. The van der Waals surface area contributed by atoms with E-state index in [0.29, 0.717) is 5.69 Å². The molecule has 2 aromatic rings. The van der Waals surface area contributed by atoms with E-state index in [1.165, 1.54) is 36.4 Å². The second-order valence-corrected chi connectivity index (χ2v) is 5.10. The van der Waals surface area contributed by atoms with Crippen LogP contribution in [0.5, 0.6) is 0 Å². The van der Waals surface area contributed by atoms with Gasteiger partial charge in [0.2, 0.25) is 0 Å². The standard InChI is InChI=1S/C16H10ClFN4O3/c17-14-6-5-13(22(24)25)7-15(14)21-16(23)10(8-19)9-20-12-3-1-11(18)2-4-12/h1-7,9,20H,(H,21,23)/b10-9-. The predicted molar refractivity (Wildman–Crippen MR) is 90.5 cm³/mol. The number of benzene rings is 2. The number of hydrogen-bond acceptors (Lipinski definition) is 5. The third kappa shape index (κ3) is 4.76. The lowest BCUT2D eigenvalue weighted by Gasteiger charge is -2.07. The summed E-state index contributed by atoms with van der Waals surface area (Å²) >= 11 is 5.89. The number of anilines is 2. The SMILES string of the molecule is N#C/C(=C/Nc1ccc(F)cc1)C(=O)Nc1cc([N+](=O)[O-])ccc1Cl. The fourth-order valence-electron chi connectivity index (χ4n) is 1.76. The normalized spacial score (nSPS) is 10.7. The van der Waals surface area contributed by atoms with Crippen LogP contribution in [0, 0.1) is 27.3 Å². The summed E-state index contributed by atoms with van der Waals surface area (Å²) in [4.78, 5) is 22.3. The molecule has 9 heteroatoms. The van der Waals surface area contributed by atoms with Crippen molar-refractivity contribution in [3.05, 3.63) is 75.2 Å². The van der Waals surface area contributed by atoms with E-state index in [1.807, 2.05) is 0 Å². The summed E-state index contributed by atoms with van der Waals surface area (Å²) in [6.45, 7) is 0. The second-order valence-electron chi connectivity index (χ2n) is 4.70. The Labute approximate surface area is 146 Å². The Morgan fingerprint density at radius 1 is 1.28 bits per heavy atom. The molecule has 1 amide bonds. The van der Waals surface area contributed by atoms with Crippen LogP contribution in [0.4, 0.5) is 21.5 Å². The van der Waals surface area contributed by atoms with E-state index in [2.05, 4.69) is 10.6 Å². The van der Waals surface area contributed by atoms with E-state index in [9.17, 15) is 19.3 Å². The van der Waals surface area contributed by atoms with Crippen LogP contribution in [-0.4, -0.2) is 10.8 Å². The van der Waals surface area contributed by atoms with Crippen LogP contribution < -0.4 is 10.6 Å². The van der Waals surface area contributed by atoms with Crippen molar-refractivity contribution in [3.8, 4) is 6.07 Å². The van der Waals surface area contributed by atoms with E-state index >= 15 is 0 Å². The molecule has 0 bridgehead atoms. The van der Waals surface area contributed by atoms with Crippen LogP contribution in [0.3, 0.4) is 0 Å². The lowest BCUT2D eigenvalue weighted by atomic mass is 10.2. The number of nitrogens with one attached hydrogen (secondary N) is 2. The van der Waals surface area contributed by atoms with Crippen molar-refractivity contribution in [1.82, 2.24) is 0 Å². The van der Waals surface area contributed by atoms with Gasteiger partial charge in [-0.3, -0.25) is 14.9 Å². The van der Waals surface area contributed by atoms with Crippen LogP contribution >= 0.6 is 11.6 Å². The largest absolute Gasteiger partial charge is 0.360 e. The topological polar surface area (TPSA) is 108 Å². The molecule has 0 unspecified atom stereocenters. The summed E-state index contributed by atoms with van der Waals surface area (Å²) in [5.74, 6) is -1.23. The van der Waals surface area contributed by atoms with Gasteiger partial charge in [0.25, 0.3) is 11.6 Å². The Bertz CT molecular complexity index is 891. The van der Waals surface area contributed by atoms with Crippen molar-refractivity contribution in [2.45, 2.75) is 0 Å². The number of amides is 1. The fourth-order valence-corrected chi connectivity index (χ4v) is 1.93. The minimum atomic E-state index is -0.806. The number of carbonyl (C=O) groups is 1. The summed E-state index contributed by atoms with van der Waals surface area (Å²) in [5, 5.41) is 25.0. The third-order valence-corrected chi connectivity index (χ3v) is 3.33. The van der Waals surface area contributed by atoms with Crippen LogP contribution in [0.1, 0.15) is 0 Å². The van der Waals surface area contributed by atoms with Crippen molar-refractivity contribution >= 4 is 34.6 Å². The summed E-state index contributed by atoms with van der Waals surface area (Å²) in [6.07, 6.45) is 1.13. The van der Waals surface area contributed by atoms with Crippen molar-refractivity contribution in [1.29, 1.82) is 5.26 Å². The van der Waals surface area contributed by atoms with Gasteiger partial charge >= 0.3 is 0 Å². The zero-order chi connectivity index (χ0) is 18.4. The number of nitro groups is 1. The van der Waals surface area contributed by atoms with Gasteiger partial charge in [0.15, 0.2) is 0 Å². The second kappa shape index (κ2) is 7.90. The molecule has 0 atom stereocenters. The monoisotopic (exact) mass is 360 g/mol. The van der Waals surface area contributed by atoms with Gasteiger partial charge < -0.3 is 10.6 Å². The molecule has 126 valence electrons. The van der Waals surface area contributed by atoms with E-state index in [4.69, 9.17) is 16.9 Å². The zero-order valence-corrected chi connectivity index (χ0v) is 13.2. The fraction of sp³-hybridized carbons (Fsp3) is 0. The number of nitro benzene ring substituents is 1. The molecular formula is C16H10ClFN4O3. The molecular weight excluding hydrogens is 351 g/mol. The molecule has 0 aliphatic carbocycles. The first-order valence-electron chi connectivity index (χ1n) is 6.78. The van der Waals surface area contributed by atoms with Gasteiger partial charge in [0.05, 0.1) is 15.6 Å². The molecule has 0 aliphatic rings. The number of carbonyl (C=O) groups excluding carboxylic acids is 1. The number of nitrogens with zero attached hydrogens (tertiary/aromatic N) is 2. The molecule has 2 aromatic carbocycles. The Morgan fingerprint density at radius 2 is 1.96 bits per heavy atom. The molecule has 0 aromatic heterocycles. The van der Waals surface area contributed by atoms with Crippen LogP contribution in [0.15, 0.2) is 54.2 Å². The summed E-state index contributed by atoms with van der Waals surface area (Å²) in [5.41, 5.74) is -0.0855. The van der Waals surface area contributed by atoms with Crippen molar-refractivity contribution in [2.75, 3.05) is 10.6 Å². The number of halogens is 2. The molecule has 0 aliphatic heterocycles. The van der Waals surface area contributed by atoms with Crippen LogP contribution in [0.25, 0.3) is 0 Å². The average molecular weight is 361 g/mol. The zero-order valence-electron chi connectivity index (χ0n) is 12.5. The minimum absolute atomic E-state index is 0.00352. The smallest absolute Gasteiger partial charge is 0.271 e. The molecule has 0 saturated carbocycles. The lowest BCUT2D eigenvalue weighted by Crippen LogP contribution is -2.15. The summed E-state index contributed by atoms with van der Waals surface area (Å²) in [7, 11) is 0. The van der Waals surface area contributed by atoms with Gasteiger partial charge in [0.1, 0.15) is 17.5 Å². The van der Waals surface area contributed by atoms with Gasteiger partial charge in [-0.25, -0.2) is 4.39 Å². The van der Waals surface area contributed by atoms with Gasteiger partial charge in [0, 0.05) is 24.0 Å². The Kier molecular flexibility index (Phi) is 5.66. The molecule has 0 saturated heterocycles. The van der Waals surface area contributed by atoms with E-state index in [1.54, 1.807) is 6.07 Å². The van der Waals surface area contributed by atoms with Crippen LogP contribution in [0.2, 0.25) is 5.02 Å². The number of nitriles is 1. The highest BCUT2D eigenvalue weighted by atomic mass is 35.5. The quantitative estimate of drug-likeness (QED) is 0.364. The summed E-state index contributed by atoms with van der Waals surface area (Å²) < 4.78 is 12.8. The van der Waals surface area contributed by atoms with E-state index in [-0.39, 0.29) is 22.0 Å². The van der Waals surface area contributed by atoms with Gasteiger partial charge in [-0.05, 0) is 30.3 Å². The number of non-ortho nitro benzene ring substituents is 1. The first-order chi connectivity index (χ1) is 11.9. The maximum Gasteiger partial charge on any atom is 0.271 e. The average Bonchev–Trinajstić information content (AvgIpc) is 2.58. The Morgan fingerprint density at radius 3 is 2.56 bits per heavy atom. The van der Waals surface area contributed by atoms with Crippen LogP contribution in [-0.2, 0) is 4.79 Å².